The minimum absolute atomic E-state index is 0.225. The third kappa shape index (κ3) is 3.78. The fourth-order valence-corrected chi connectivity index (χ4v) is 5.23. The number of fused-ring (bicyclic) bond motifs is 2. The summed E-state index contributed by atoms with van der Waals surface area (Å²) in [5, 5.41) is 3.48. The number of likely N-dealkylation sites (tertiary alicyclic amines) is 1. The van der Waals surface area contributed by atoms with Crippen LogP contribution >= 0.6 is 0 Å². The average Bonchev–Trinajstić information content (AvgIpc) is 2.75. The summed E-state index contributed by atoms with van der Waals surface area (Å²) >= 11 is 0. The predicted octanol–water partition coefficient (Wildman–Crippen LogP) is 1.67. The van der Waals surface area contributed by atoms with E-state index in [2.05, 4.69) is 38.2 Å². The maximum Gasteiger partial charge on any atom is 0.349 e. The van der Waals surface area contributed by atoms with Gasteiger partial charge in [0, 0.05) is 13.1 Å². The molecule has 2 N–H and O–H groups in total. The number of rotatable bonds is 3. The van der Waals surface area contributed by atoms with Gasteiger partial charge in [-0.1, -0.05) is 0 Å². The van der Waals surface area contributed by atoms with Gasteiger partial charge in [0.1, 0.15) is 0 Å². The van der Waals surface area contributed by atoms with Crippen LogP contribution in [0.3, 0.4) is 0 Å². The first kappa shape index (κ1) is 20.3. The number of hydrogen-bond donors (Lipinski definition) is 2. The van der Waals surface area contributed by atoms with E-state index in [4.69, 9.17) is 0 Å². The molecule has 0 atom stereocenters. The highest BCUT2D eigenvalue weighted by Gasteiger charge is 2.35. The van der Waals surface area contributed by atoms with Crippen molar-refractivity contribution < 1.29 is 0 Å². The zero-order valence-electron chi connectivity index (χ0n) is 18.3. The lowest BCUT2D eigenvalue weighted by Gasteiger charge is -2.44. The summed E-state index contributed by atoms with van der Waals surface area (Å²) in [6.45, 7) is 10.1. The van der Waals surface area contributed by atoms with E-state index in [-0.39, 0.29) is 5.69 Å². The summed E-state index contributed by atoms with van der Waals surface area (Å²) in [7, 11) is 0. The summed E-state index contributed by atoms with van der Waals surface area (Å²) in [6.07, 6.45) is 5.07. The molecule has 2 saturated heterocycles. The smallest absolute Gasteiger partial charge is 0.321 e. The van der Waals surface area contributed by atoms with E-state index in [1.54, 1.807) is 0 Å². The lowest BCUT2D eigenvalue weighted by atomic mass is 9.71. The highest BCUT2D eigenvalue weighted by atomic mass is 16.2. The van der Waals surface area contributed by atoms with Gasteiger partial charge in [0.25, 0.3) is 5.56 Å². The molecule has 0 saturated carbocycles. The Morgan fingerprint density at radius 3 is 2.42 bits per heavy atom. The van der Waals surface area contributed by atoms with Crippen LogP contribution < -0.4 is 16.6 Å². The normalized spacial score (nSPS) is 19.4. The number of nitrogens with zero attached hydrogens (tertiary/aromatic N) is 4. The van der Waals surface area contributed by atoms with Gasteiger partial charge in [-0.25, -0.2) is 9.78 Å². The molecule has 0 amide bonds. The Balaban J connectivity index is 1.46. The molecule has 2 fully saturated rings. The van der Waals surface area contributed by atoms with Gasteiger partial charge in [-0.2, -0.15) is 4.98 Å². The highest BCUT2D eigenvalue weighted by Crippen LogP contribution is 2.39. The van der Waals surface area contributed by atoms with Crippen molar-refractivity contribution in [2.45, 2.75) is 46.1 Å². The summed E-state index contributed by atoms with van der Waals surface area (Å²) in [5.74, 6) is 0.372. The van der Waals surface area contributed by atoms with Gasteiger partial charge in [0.15, 0.2) is 11.5 Å². The monoisotopic (exact) mass is 422 g/mol. The fraction of sp³-hybridized carbons (Fsp3) is 0.565. The molecule has 0 unspecified atom stereocenters. The minimum Gasteiger partial charge on any atom is -0.321 e. The highest BCUT2D eigenvalue weighted by molar-refractivity contribution is 5.81. The van der Waals surface area contributed by atoms with E-state index in [0.29, 0.717) is 17.8 Å². The van der Waals surface area contributed by atoms with Crippen LogP contribution in [0.2, 0.25) is 0 Å². The van der Waals surface area contributed by atoms with Gasteiger partial charge in [0.2, 0.25) is 0 Å². The molecule has 4 aliphatic heterocycles. The number of hydrogen-bond acceptors (Lipinski definition) is 6. The molecule has 4 aliphatic rings. The van der Waals surface area contributed by atoms with Crippen LogP contribution in [0, 0.1) is 19.3 Å². The van der Waals surface area contributed by atoms with Crippen LogP contribution in [0.15, 0.2) is 21.7 Å². The second kappa shape index (κ2) is 7.84. The fourth-order valence-electron chi connectivity index (χ4n) is 5.23. The molecule has 0 radical (unpaired) electrons. The van der Waals surface area contributed by atoms with E-state index in [0.717, 1.165) is 54.9 Å². The molecule has 0 aliphatic carbocycles. The number of aromatic nitrogens is 4. The predicted molar refractivity (Wildman–Crippen MR) is 121 cm³/mol. The molecule has 0 aromatic heterocycles. The van der Waals surface area contributed by atoms with Crippen molar-refractivity contribution in [1.29, 1.82) is 0 Å². The van der Waals surface area contributed by atoms with Crippen LogP contribution in [0.1, 0.15) is 36.8 Å². The number of nitrogens with one attached hydrogen (secondary N) is 2. The van der Waals surface area contributed by atoms with Crippen LogP contribution in [-0.4, -0.2) is 57.1 Å². The summed E-state index contributed by atoms with van der Waals surface area (Å²) < 4.78 is 2.01. The summed E-state index contributed by atoms with van der Waals surface area (Å²) in [6, 6.07) is 4.09. The molecule has 1 spiro atoms. The van der Waals surface area contributed by atoms with Gasteiger partial charge in [-0.15, -0.1) is 0 Å². The van der Waals surface area contributed by atoms with Crippen LogP contribution in [-0.2, 0) is 6.54 Å². The van der Waals surface area contributed by atoms with E-state index in [1.165, 1.54) is 25.7 Å². The molecular formula is C23H30N6O2. The van der Waals surface area contributed by atoms with Crippen LogP contribution in [0.5, 0.6) is 0 Å². The Hall–Kier alpha value is -2.58. The molecule has 8 nitrogen and oxygen atoms in total. The first-order valence-electron chi connectivity index (χ1n) is 11.3. The van der Waals surface area contributed by atoms with Crippen LogP contribution in [0.25, 0.3) is 22.6 Å². The number of aromatic amines is 1. The third-order valence-electron chi connectivity index (χ3n) is 7.45. The second-order valence-electron chi connectivity index (χ2n) is 9.32. The number of aryl methyl sites for hydroxylation is 2. The van der Waals surface area contributed by atoms with Crippen molar-refractivity contribution >= 4 is 11.0 Å². The molecule has 8 heteroatoms. The Bertz CT molecular complexity index is 1200. The Morgan fingerprint density at radius 1 is 0.968 bits per heavy atom. The molecule has 5 rings (SSSR count). The lowest BCUT2D eigenvalue weighted by molar-refractivity contribution is 0.0723. The average molecular weight is 423 g/mol. The van der Waals surface area contributed by atoms with Crippen molar-refractivity contribution in [1.82, 2.24) is 29.7 Å². The van der Waals surface area contributed by atoms with E-state index in [1.807, 2.05) is 17.6 Å². The van der Waals surface area contributed by atoms with Crippen molar-refractivity contribution in [3.8, 4) is 11.5 Å². The number of benzene rings is 1. The topological polar surface area (TPSA) is 95.9 Å². The Morgan fingerprint density at radius 2 is 1.68 bits per heavy atom. The number of piperidine rings is 2. The standard InChI is InChI=1S/C23H30N6O2/c1-15-13-17-18(14-16(15)2)29(20-19(25-17)21(30)27-22(31)26-20)12-11-28-9-5-23(6-10-28)3-7-24-8-4-23/h13-14,24H,3-12H2,1-2H3,(H,27,30,31). The molecule has 1 aromatic rings. The molecule has 4 heterocycles. The van der Waals surface area contributed by atoms with Gasteiger partial charge >= 0.3 is 5.69 Å². The maximum absolute atomic E-state index is 12.4. The zero-order valence-corrected chi connectivity index (χ0v) is 18.3. The minimum atomic E-state index is -0.623. The maximum atomic E-state index is 12.4. The summed E-state index contributed by atoms with van der Waals surface area (Å²) in [5.41, 5.74) is 3.60. The van der Waals surface area contributed by atoms with Crippen molar-refractivity contribution in [2.75, 3.05) is 32.7 Å². The summed E-state index contributed by atoms with van der Waals surface area (Å²) in [4.78, 5) is 37.8. The first-order chi connectivity index (χ1) is 14.9. The van der Waals surface area contributed by atoms with E-state index in [9.17, 15) is 9.59 Å². The van der Waals surface area contributed by atoms with Gasteiger partial charge in [-0.05, 0) is 94.4 Å². The lowest BCUT2D eigenvalue weighted by Crippen LogP contribution is -2.46. The number of H-pyrrole nitrogens is 1. The zero-order chi connectivity index (χ0) is 21.6. The van der Waals surface area contributed by atoms with Crippen molar-refractivity contribution in [3.05, 3.63) is 44.1 Å². The molecule has 31 heavy (non-hydrogen) atoms. The Kier molecular flexibility index (Phi) is 5.14. The molecular weight excluding hydrogens is 392 g/mol. The SMILES string of the molecule is Cc1cc2nc3c(=O)[nH]c(=O)nc-3n(CCN3CCC4(CCNCC4)CC3)c2cc1C. The largest absolute Gasteiger partial charge is 0.349 e. The van der Waals surface area contributed by atoms with Gasteiger partial charge in [0.05, 0.1) is 11.0 Å². The molecule has 0 bridgehead atoms. The molecule has 164 valence electrons. The van der Waals surface area contributed by atoms with Gasteiger partial charge < -0.3 is 14.8 Å². The van der Waals surface area contributed by atoms with Gasteiger partial charge in [-0.3, -0.25) is 9.78 Å². The third-order valence-corrected chi connectivity index (χ3v) is 7.45. The first-order valence-corrected chi connectivity index (χ1v) is 11.3. The second-order valence-corrected chi connectivity index (χ2v) is 9.32. The molecule has 1 aromatic carbocycles. The van der Waals surface area contributed by atoms with Crippen LogP contribution in [0.4, 0.5) is 0 Å². The Labute approximate surface area is 181 Å². The van der Waals surface area contributed by atoms with E-state index < -0.39 is 11.2 Å². The van der Waals surface area contributed by atoms with Crippen molar-refractivity contribution in [3.63, 3.8) is 0 Å². The quantitative estimate of drug-likeness (QED) is 0.624. The van der Waals surface area contributed by atoms with Crippen molar-refractivity contribution in [2.24, 2.45) is 5.41 Å². The van der Waals surface area contributed by atoms with E-state index >= 15 is 0 Å².